The van der Waals surface area contributed by atoms with E-state index in [1.807, 2.05) is 42.5 Å². The van der Waals surface area contributed by atoms with Crippen LogP contribution in [0.4, 0.5) is 4.79 Å². The SMILES string of the molecule is Cc1c(OC(=O)[C@H](NC(=O)OCc2ccccc2)c2ccccc2)ccc2c3c(c(=O)oc12)CCC3. The van der Waals surface area contributed by atoms with Crippen LogP contribution in [0.3, 0.4) is 0 Å². The highest BCUT2D eigenvalue weighted by atomic mass is 16.6. The predicted molar refractivity (Wildman–Crippen MR) is 134 cm³/mol. The monoisotopic (exact) mass is 483 g/mol. The number of amides is 1. The van der Waals surface area contributed by atoms with Crippen LogP contribution in [0.1, 0.15) is 40.3 Å². The van der Waals surface area contributed by atoms with E-state index in [0.29, 0.717) is 23.1 Å². The highest BCUT2D eigenvalue weighted by molar-refractivity contribution is 5.89. The lowest BCUT2D eigenvalue weighted by Crippen LogP contribution is -2.36. The molecular formula is C29H25NO6. The van der Waals surface area contributed by atoms with Crippen molar-refractivity contribution in [2.24, 2.45) is 0 Å². The number of rotatable bonds is 6. The van der Waals surface area contributed by atoms with E-state index in [1.165, 1.54) is 0 Å². The van der Waals surface area contributed by atoms with Crippen molar-refractivity contribution >= 4 is 23.0 Å². The largest absolute Gasteiger partial charge is 0.445 e. The van der Waals surface area contributed by atoms with Crippen molar-refractivity contribution in [3.05, 3.63) is 111 Å². The summed E-state index contributed by atoms with van der Waals surface area (Å²) in [6.45, 7) is 1.81. The summed E-state index contributed by atoms with van der Waals surface area (Å²) in [6, 6.07) is 20.5. The van der Waals surface area contributed by atoms with E-state index in [4.69, 9.17) is 13.9 Å². The third-order valence-corrected chi connectivity index (χ3v) is 6.39. The van der Waals surface area contributed by atoms with Crippen molar-refractivity contribution in [3.63, 3.8) is 0 Å². The van der Waals surface area contributed by atoms with Crippen LogP contribution in [-0.2, 0) is 29.0 Å². The first-order valence-electron chi connectivity index (χ1n) is 11.8. The minimum Gasteiger partial charge on any atom is -0.445 e. The molecular weight excluding hydrogens is 458 g/mol. The zero-order chi connectivity index (χ0) is 25.1. The van der Waals surface area contributed by atoms with Crippen LogP contribution in [0.25, 0.3) is 11.0 Å². The molecule has 7 nitrogen and oxygen atoms in total. The van der Waals surface area contributed by atoms with Gasteiger partial charge in [0.05, 0.1) is 0 Å². The number of carbonyl (C=O) groups excluding carboxylic acids is 2. The Kier molecular flexibility index (Phi) is 6.54. The van der Waals surface area contributed by atoms with Crippen LogP contribution >= 0.6 is 0 Å². The fraction of sp³-hybridized carbons (Fsp3) is 0.207. The molecule has 1 atom stereocenters. The molecule has 0 bridgehead atoms. The van der Waals surface area contributed by atoms with Crippen LogP contribution in [0, 0.1) is 6.92 Å². The molecule has 1 aliphatic rings. The van der Waals surface area contributed by atoms with Gasteiger partial charge in [-0.25, -0.2) is 14.4 Å². The standard InChI is InChI=1S/C29H25NO6/c1-18-24(16-15-22-21-13-8-14-23(21)27(31)36-26(18)22)35-28(32)25(20-11-6-3-7-12-20)30-29(33)34-17-19-9-4-2-5-10-19/h2-7,9-12,15-16,25H,8,13-14,17H2,1H3,(H,30,33)/t25-/m1/s1. The Morgan fingerprint density at radius 2 is 1.64 bits per heavy atom. The molecule has 0 spiro atoms. The summed E-state index contributed by atoms with van der Waals surface area (Å²) in [4.78, 5) is 38.3. The van der Waals surface area contributed by atoms with Gasteiger partial charge in [-0.3, -0.25) is 0 Å². The average Bonchev–Trinajstić information content (AvgIpc) is 3.40. The zero-order valence-corrected chi connectivity index (χ0v) is 19.8. The van der Waals surface area contributed by atoms with Crippen molar-refractivity contribution in [1.82, 2.24) is 5.32 Å². The number of hydrogen-bond acceptors (Lipinski definition) is 6. The van der Waals surface area contributed by atoms with Crippen LogP contribution in [-0.4, -0.2) is 12.1 Å². The van der Waals surface area contributed by atoms with E-state index in [1.54, 1.807) is 37.3 Å². The number of nitrogens with one attached hydrogen (secondary N) is 1. The number of carbonyl (C=O) groups is 2. The number of ether oxygens (including phenoxy) is 2. The van der Waals surface area contributed by atoms with Gasteiger partial charge < -0.3 is 19.2 Å². The molecule has 1 N–H and O–H groups in total. The topological polar surface area (TPSA) is 94.8 Å². The molecule has 1 aliphatic carbocycles. The molecule has 0 unspecified atom stereocenters. The summed E-state index contributed by atoms with van der Waals surface area (Å²) in [7, 11) is 0. The van der Waals surface area contributed by atoms with Crippen molar-refractivity contribution < 1.29 is 23.5 Å². The molecule has 0 fully saturated rings. The molecule has 36 heavy (non-hydrogen) atoms. The van der Waals surface area contributed by atoms with E-state index in [2.05, 4.69) is 5.32 Å². The van der Waals surface area contributed by atoms with Crippen LogP contribution in [0.5, 0.6) is 5.75 Å². The number of esters is 1. The fourth-order valence-electron chi connectivity index (χ4n) is 4.55. The van der Waals surface area contributed by atoms with Crippen molar-refractivity contribution in [3.8, 4) is 5.75 Å². The molecule has 7 heteroatoms. The van der Waals surface area contributed by atoms with Crippen molar-refractivity contribution in [2.45, 2.75) is 38.8 Å². The lowest BCUT2D eigenvalue weighted by molar-refractivity contribution is -0.136. The highest BCUT2D eigenvalue weighted by Crippen LogP contribution is 2.33. The number of alkyl carbamates (subject to hydrolysis) is 1. The molecule has 0 radical (unpaired) electrons. The van der Waals surface area contributed by atoms with Crippen molar-refractivity contribution in [1.29, 1.82) is 0 Å². The van der Waals surface area contributed by atoms with Crippen LogP contribution < -0.4 is 15.7 Å². The smallest absolute Gasteiger partial charge is 0.408 e. The molecule has 0 saturated heterocycles. The maximum absolute atomic E-state index is 13.3. The van der Waals surface area contributed by atoms with Gasteiger partial charge in [0.1, 0.15) is 17.9 Å². The maximum atomic E-state index is 13.3. The van der Waals surface area contributed by atoms with Gasteiger partial charge in [-0.2, -0.15) is 0 Å². The second kappa shape index (κ2) is 10.1. The number of hydrogen-bond donors (Lipinski definition) is 1. The normalized spacial score (nSPS) is 13.1. The van der Waals surface area contributed by atoms with Gasteiger partial charge in [0.25, 0.3) is 0 Å². The van der Waals surface area contributed by atoms with Crippen LogP contribution in [0.15, 0.2) is 82.0 Å². The van der Waals surface area contributed by atoms with Gasteiger partial charge in [-0.05, 0) is 55.0 Å². The summed E-state index contributed by atoms with van der Waals surface area (Å²) in [5.74, 6) is -0.433. The number of fused-ring (bicyclic) bond motifs is 3. The second-order valence-corrected chi connectivity index (χ2v) is 8.74. The third-order valence-electron chi connectivity index (χ3n) is 6.39. The van der Waals surface area contributed by atoms with Crippen molar-refractivity contribution in [2.75, 3.05) is 0 Å². The van der Waals surface area contributed by atoms with Gasteiger partial charge in [0.2, 0.25) is 0 Å². The van der Waals surface area contributed by atoms with Gasteiger partial charge in [0.15, 0.2) is 6.04 Å². The Balaban J connectivity index is 1.38. The van der Waals surface area contributed by atoms with Gasteiger partial charge in [0, 0.05) is 16.5 Å². The third kappa shape index (κ3) is 4.73. The molecule has 4 aromatic rings. The summed E-state index contributed by atoms with van der Waals surface area (Å²) in [5, 5.41) is 3.48. The second-order valence-electron chi connectivity index (χ2n) is 8.74. The molecule has 1 amide bonds. The molecule has 182 valence electrons. The van der Waals surface area contributed by atoms with Gasteiger partial charge >= 0.3 is 17.7 Å². The molecule has 0 saturated carbocycles. The van der Waals surface area contributed by atoms with E-state index in [-0.39, 0.29) is 18.0 Å². The lowest BCUT2D eigenvalue weighted by Gasteiger charge is -2.19. The summed E-state index contributed by atoms with van der Waals surface area (Å²) < 4.78 is 16.6. The first-order valence-corrected chi connectivity index (χ1v) is 11.8. The minimum atomic E-state index is -1.10. The molecule has 1 heterocycles. The molecule has 5 rings (SSSR count). The highest BCUT2D eigenvalue weighted by Gasteiger charge is 2.27. The first kappa shape index (κ1) is 23.4. The number of benzene rings is 3. The summed E-state index contributed by atoms with van der Waals surface area (Å²) in [6.07, 6.45) is 1.70. The summed E-state index contributed by atoms with van der Waals surface area (Å²) >= 11 is 0. The molecule has 0 aliphatic heterocycles. The van der Waals surface area contributed by atoms with Gasteiger partial charge in [-0.15, -0.1) is 0 Å². The Hall–Kier alpha value is -4.39. The van der Waals surface area contributed by atoms with E-state index >= 15 is 0 Å². The molecule has 1 aromatic heterocycles. The lowest BCUT2D eigenvalue weighted by atomic mass is 10.0. The average molecular weight is 484 g/mol. The fourth-order valence-corrected chi connectivity index (χ4v) is 4.55. The minimum absolute atomic E-state index is 0.0658. The Labute approximate surface area is 207 Å². The maximum Gasteiger partial charge on any atom is 0.408 e. The van der Waals surface area contributed by atoms with E-state index in [0.717, 1.165) is 34.9 Å². The first-order chi connectivity index (χ1) is 17.5. The molecule has 3 aromatic carbocycles. The van der Waals surface area contributed by atoms with E-state index < -0.39 is 18.1 Å². The van der Waals surface area contributed by atoms with Crippen LogP contribution in [0.2, 0.25) is 0 Å². The zero-order valence-electron chi connectivity index (χ0n) is 19.8. The summed E-state index contributed by atoms with van der Waals surface area (Å²) in [5.41, 5.74) is 3.73. The van der Waals surface area contributed by atoms with Gasteiger partial charge in [-0.1, -0.05) is 60.7 Å². The predicted octanol–water partition coefficient (Wildman–Crippen LogP) is 5.16. The Morgan fingerprint density at radius 3 is 2.39 bits per heavy atom. The van der Waals surface area contributed by atoms with E-state index in [9.17, 15) is 14.4 Å². The quantitative estimate of drug-likeness (QED) is 0.231. The number of aryl methyl sites for hydroxylation is 2. The Morgan fingerprint density at radius 1 is 0.944 bits per heavy atom. The Bertz CT molecular complexity index is 1480.